The monoisotopic (exact) mass is 817 g/mol. The summed E-state index contributed by atoms with van der Waals surface area (Å²) in [5, 5.41) is 2.59. The van der Waals surface area contributed by atoms with Gasteiger partial charge in [0.2, 0.25) is 0 Å². The van der Waals surface area contributed by atoms with Gasteiger partial charge in [-0.25, -0.2) is 0 Å². The first kappa shape index (κ1) is 35.9. The van der Waals surface area contributed by atoms with Crippen molar-refractivity contribution in [2.24, 2.45) is 0 Å². The van der Waals surface area contributed by atoms with Crippen molar-refractivity contribution in [1.82, 2.24) is 0 Å². The van der Waals surface area contributed by atoms with Crippen molar-refractivity contribution >= 4 is 48.6 Å². The summed E-state index contributed by atoms with van der Waals surface area (Å²) in [4.78, 5) is 2.50. The molecule has 0 saturated carbocycles. The highest BCUT2D eigenvalue weighted by Crippen LogP contribution is 2.58. The van der Waals surface area contributed by atoms with E-state index in [0.29, 0.717) is 0 Å². The molecule has 1 aromatic heterocycles. The SMILES string of the molecule is c1ccc(C2(c3ccccc3)c3ccccc3-c3ccc(N(c4ccc5c(c4)-c4ccccc4-c4ccccc4-c4ccccc4-5)c4ccc5c(c4)sc4ccccc45)cc32)cc1. The molecule has 1 nitrogen and oxygen atoms in total. The quantitative estimate of drug-likeness (QED) is 0.167. The van der Waals surface area contributed by atoms with Gasteiger partial charge in [-0.3, -0.25) is 0 Å². The van der Waals surface area contributed by atoms with Crippen LogP contribution in [0.3, 0.4) is 0 Å². The number of thiophene rings is 1. The fourth-order valence-electron chi connectivity index (χ4n) is 10.9. The highest BCUT2D eigenvalue weighted by atomic mass is 32.1. The molecule has 2 heteroatoms. The predicted molar refractivity (Wildman–Crippen MR) is 267 cm³/mol. The second-order valence-electron chi connectivity index (χ2n) is 16.7. The van der Waals surface area contributed by atoms with Gasteiger partial charge in [-0.1, -0.05) is 194 Å². The standard InChI is InChI=1S/C61H39NS/c1-3-17-40(18-4-1)61(41-19-5-2-6-20-41)57-29-15-13-27-52(57)53-35-32-43(38-58(53)61)62(44-33-36-55-54-28-14-16-30-59(54)63-60(55)39-44)42-31-34-51-49-25-10-9-23-47(49)45-21-7-8-22-46(45)48-24-11-12-26-50(48)56(51)37-42/h1-39H. The maximum atomic E-state index is 2.50. The number of anilines is 3. The zero-order valence-electron chi connectivity index (χ0n) is 34.4. The first-order valence-electron chi connectivity index (χ1n) is 21.8. The van der Waals surface area contributed by atoms with E-state index in [1.165, 1.54) is 98.1 Å². The number of fused-ring (bicyclic) bond motifs is 14. The molecule has 13 rings (SSSR count). The van der Waals surface area contributed by atoms with Crippen LogP contribution in [0.15, 0.2) is 237 Å². The molecule has 0 N–H and O–H groups in total. The Labute approximate surface area is 371 Å². The molecule has 0 aliphatic heterocycles. The second-order valence-corrected chi connectivity index (χ2v) is 17.8. The number of rotatable bonds is 5. The maximum absolute atomic E-state index is 2.50. The van der Waals surface area contributed by atoms with Gasteiger partial charge in [0.15, 0.2) is 0 Å². The fraction of sp³-hybridized carbons (Fsp3) is 0.0164. The van der Waals surface area contributed by atoms with Crippen molar-refractivity contribution in [1.29, 1.82) is 0 Å². The summed E-state index contributed by atoms with van der Waals surface area (Å²) in [5.74, 6) is 0. The zero-order chi connectivity index (χ0) is 41.5. The van der Waals surface area contributed by atoms with Crippen LogP contribution in [0, 0.1) is 0 Å². The summed E-state index contributed by atoms with van der Waals surface area (Å²) in [6.07, 6.45) is 0. The Balaban J connectivity index is 1.09. The van der Waals surface area contributed by atoms with Crippen LogP contribution in [0.1, 0.15) is 22.3 Å². The normalized spacial score (nSPS) is 12.9. The summed E-state index contributed by atoms with van der Waals surface area (Å²) >= 11 is 1.87. The van der Waals surface area contributed by atoms with Gasteiger partial charge in [0, 0.05) is 37.2 Å². The molecule has 2 aliphatic carbocycles. The van der Waals surface area contributed by atoms with Crippen molar-refractivity contribution in [3.8, 4) is 55.6 Å². The summed E-state index contributed by atoms with van der Waals surface area (Å²) in [6.45, 7) is 0. The van der Waals surface area contributed by atoms with Crippen LogP contribution in [-0.2, 0) is 5.41 Å². The zero-order valence-corrected chi connectivity index (χ0v) is 35.2. The minimum atomic E-state index is -0.520. The Hall–Kier alpha value is -7.78. The Morgan fingerprint density at radius 1 is 0.270 bits per heavy atom. The van der Waals surface area contributed by atoms with Gasteiger partial charge in [-0.05, 0) is 120 Å². The molecule has 0 saturated heterocycles. The van der Waals surface area contributed by atoms with Crippen LogP contribution < -0.4 is 4.90 Å². The molecular weight excluding hydrogens is 779 g/mol. The average Bonchev–Trinajstić information content (AvgIpc) is 3.87. The molecule has 10 aromatic carbocycles. The molecule has 11 aromatic rings. The molecule has 2 aliphatic rings. The van der Waals surface area contributed by atoms with E-state index in [2.05, 4.69) is 241 Å². The molecule has 0 radical (unpaired) electrons. The van der Waals surface area contributed by atoms with E-state index in [-0.39, 0.29) is 0 Å². The molecule has 294 valence electrons. The lowest BCUT2D eigenvalue weighted by molar-refractivity contribution is 0.768. The first-order chi connectivity index (χ1) is 31.3. The number of hydrogen-bond acceptors (Lipinski definition) is 2. The van der Waals surface area contributed by atoms with Gasteiger partial charge in [0.25, 0.3) is 0 Å². The molecule has 0 unspecified atom stereocenters. The van der Waals surface area contributed by atoms with Crippen LogP contribution in [0.5, 0.6) is 0 Å². The van der Waals surface area contributed by atoms with Crippen molar-refractivity contribution in [2.45, 2.75) is 5.41 Å². The molecule has 63 heavy (non-hydrogen) atoms. The Morgan fingerprint density at radius 2 is 0.683 bits per heavy atom. The van der Waals surface area contributed by atoms with Crippen molar-refractivity contribution in [3.05, 3.63) is 259 Å². The minimum absolute atomic E-state index is 0.520. The lowest BCUT2D eigenvalue weighted by Gasteiger charge is -2.35. The third-order valence-corrected chi connectivity index (χ3v) is 14.7. The predicted octanol–water partition coefficient (Wildman–Crippen LogP) is 16.9. The fourth-order valence-corrected chi connectivity index (χ4v) is 12.0. The van der Waals surface area contributed by atoms with E-state index in [0.717, 1.165) is 17.1 Å². The highest BCUT2D eigenvalue weighted by molar-refractivity contribution is 7.25. The topological polar surface area (TPSA) is 3.24 Å². The van der Waals surface area contributed by atoms with E-state index in [1.54, 1.807) is 0 Å². The second kappa shape index (κ2) is 14.1. The smallest absolute Gasteiger partial charge is 0.0714 e. The lowest BCUT2D eigenvalue weighted by Crippen LogP contribution is -2.28. The number of hydrogen-bond donors (Lipinski definition) is 0. The number of benzene rings is 10. The van der Waals surface area contributed by atoms with E-state index < -0.39 is 5.41 Å². The van der Waals surface area contributed by atoms with Crippen LogP contribution in [0.2, 0.25) is 0 Å². The van der Waals surface area contributed by atoms with Gasteiger partial charge < -0.3 is 4.90 Å². The van der Waals surface area contributed by atoms with Crippen LogP contribution in [0.4, 0.5) is 17.1 Å². The van der Waals surface area contributed by atoms with Gasteiger partial charge in [0.05, 0.1) is 5.41 Å². The third kappa shape index (κ3) is 5.35. The third-order valence-electron chi connectivity index (χ3n) is 13.5. The summed E-state index contributed by atoms with van der Waals surface area (Å²) in [6, 6.07) is 88.1. The van der Waals surface area contributed by atoms with E-state index in [1.807, 2.05) is 11.3 Å². The molecule has 0 amide bonds. The highest BCUT2D eigenvalue weighted by Gasteiger charge is 2.46. The van der Waals surface area contributed by atoms with Crippen LogP contribution in [-0.4, -0.2) is 0 Å². The van der Waals surface area contributed by atoms with Crippen molar-refractivity contribution in [2.75, 3.05) is 4.90 Å². The van der Waals surface area contributed by atoms with Gasteiger partial charge >= 0.3 is 0 Å². The minimum Gasteiger partial charge on any atom is -0.310 e. The average molecular weight is 818 g/mol. The van der Waals surface area contributed by atoms with E-state index >= 15 is 0 Å². The van der Waals surface area contributed by atoms with Crippen molar-refractivity contribution < 1.29 is 0 Å². The summed E-state index contributed by atoms with van der Waals surface area (Å²) in [7, 11) is 0. The molecule has 0 atom stereocenters. The molecule has 0 spiro atoms. The van der Waals surface area contributed by atoms with Crippen molar-refractivity contribution in [3.63, 3.8) is 0 Å². The number of nitrogens with zero attached hydrogens (tertiary/aromatic N) is 1. The lowest BCUT2D eigenvalue weighted by atomic mass is 9.67. The van der Waals surface area contributed by atoms with Crippen LogP contribution >= 0.6 is 11.3 Å². The first-order valence-corrected chi connectivity index (χ1v) is 22.6. The Morgan fingerprint density at radius 3 is 1.30 bits per heavy atom. The van der Waals surface area contributed by atoms with E-state index in [4.69, 9.17) is 0 Å². The molecule has 1 heterocycles. The van der Waals surface area contributed by atoms with Crippen LogP contribution in [0.25, 0.3) is 75.8 Å². The largest absolute Gasteiger partial charge is 0.310 e. The van der Waals surface area contributed by atoms with Gasteiger partial charge in [0.1, 0.15) is 0 Å². The van der Waals surface area contributed by atoms with Gasteiger partial charge in [-0.2, -0.15) is 0 Å². The maximum Gasteiger partial charge on any atom is 0.0714 e. The molecular formula is C61H39NS. The summed E-state index contributed by atoms with van der Waals surface area (Å²) in [5.41, 5.74) is 20.4. The Kier molecular flexibility index (Phi) is 8.06. The van der Waals surface area contributed by atoms with E-state index in [9.17, 15) is 0 Å². The summed E-state index contributed by atoms with van der Waals surface area (Å²) < 4.78 is 2.58. The van der Waals surface area contributed by atoms with Gasteiger partial charge in [-0.15, -0.1) is 11.3 Å². The molecule has 0 bridgehead atoms. The molecule has 0 fully saturated rings. The Bertz CT molecular complexity index is 3540.